The molecule has 1 heterocycles. The topological polar surface area (TPSA) is 38.7 Å². The molecule has 1 aliphatic rings. The first-order chi connectivity index (χ1) is 6.63. The molecular weight excluding hydrogens is 225 g/mol. The molecule has 1 aliphatic heterocycles. The van der Waals surface area contributed by atoms with E-state index in [0.29, 0.717) is 17.9 Å². The molecule has 0 fully saturated rings. The number of halogens is 2. The van der Waals surface area contributed by atoms with Crippen molar-refractivity contribution in [3.63, 3.8) is 0 Å². The van der Waals surface area contributed by atoms with Gasteiger partial charge in [0.2, 0.25) is 5.90 Å². The highest BCUT2D eigenvalue weighted by Crippen LogP contribution is 2.17. The van der Waals surface area contributed by atoms with Crippen LogP contribution in [0.1, 0.15) is 12.8 Å². The van der Waals surface area contributed by atoms with Gasteiger partial charge >= 0.3 is 0 Å². The lowest BCUT2D eigenvalue weighted by molar-refractivity contribution is -0.108. The lowest BCUT2D eigenvalue weighted by Gasteiger charge is -2.05. The molecule has 0 saturated carbocycles. The van der Waals surface area contributed by atoms with Crippen molar-refractivity contribution in [2.45, 2.75) is 12.8 Å². The second-order valence-corrected chi connectivity index (χ2v) is 3.48. The second-order valence-electron chi connectivity index (χ2n) is 2.65. The van der Waals surface area contributed by atoms with Gasteiger partial charge in [0.25, 0.3) is 5.24 Å². The molecule has 0 N–H and O–H groups in total. The van der Waals surface area contributed by atoms with Gasteiger partial charge in [-0.2, -0.15) is 0 Å². The molecule has 0 aromatic heterocycles. The minimum atomic E-state index is -0.592. The maximum atomic E-state index is 10.9. The van der Waals surface area contributed by atoms with Gasteiger partial charge in [-0.3, -0.25) is 4.79 Å². The number of carbonyl (C=O) groups excluding carboxylic acids is 1. The van der Waals surface area contributed by atoms with E-state index >= 15 is 0 Å². The second kappa shape index (κ2) is 5.17. The third-order valence-corrected chi connectivity index (χ3v) is 2.13. The third-order valence-electron chi connectivity index (χ3n) is 1.64. The zero-order valence-electron chi connectivity index (χ0n) is 7.59. The number of methoxy groups -OCH3 is 1. The predicted molar refractivity (Wildman–Crippen MR) is 56.6 cm³/mol. The van der Waals surface area contributed by atoms with E-state index in [2.05, 4.69) is 4.99 Å². The largest absolute Gasteiger partial charge is 0.481 e. The Bertz CT molecular complexity index is 332. The van der Waals surface area contributed by atoms with Gasteiger partial charge in [0, 0.05) is 11.1 Å². The zero-order chi connectivity index (χ0) is 10.6. The van der Waals surface area contributed by atoms with E-state index in [1.807, 2.05) is 0 Å². The summed E-state index contributed by atoms with van der Waals surface area (Å²) in [5.74, 6) is 0.287. The first-order valence-electron chi connectivity index (χ1n) is 4.02. The van der Waals surface area contributed by atoms with Crippen LogP contribution in [0, 0.1) is 0 Å². The number of nitrogens with zero attached hydrogens (tertiary/aromatic N) is 1. The van der Waals surface area contributed by atoms with E-state index in [0.717, 1.165) is 0 Å². The lowest BCUT2D eigenvalue weighted by atomic mass is 10.2. The molecule has 0 aliphatic carbocycles. The van der Waals surface area contributed by atoms with Crippen LogP contribution >= 0.6 is 23.2 Å². The van der Waals surface area contributed by atoms with E-state index in [9.17, 15) is 4.79 Å². The van der Waals surface area contributed by atoms with Crippen molar-refractivity contribution >= 4 is 34.3 Å². The minimum Gasteiger partial charge on any atom is -0.481 e. The molecule has 0 aromatic rings. The fourth-order valence-electron chi connectivity index (χ4n) is 0.978. The van der Waals surface area contributed by atoms with Crippen molar-refractivity contribution in [1.29, 1.82) is 0 Å². The summed E-state index contributed by atoms with van der Waals surface area (Å²) < 4.78 is 4.91. The smallest absolute Gasteiger partial charge is 0.270 e. The average Bonchev–Trinajstić information content (AvgIpc) is 2.10. The maximum Gasteiger partial charge on any atom is 0.270 e. The van der Waals surface area contributed by atoms with Gasteiger partial charge < -0.3 is 4.74 Å². The van der Waals surface area contributed by atoms with Gasteiger partial charge in [-0.15, -0.1) is 0 Å². The first-order valence-corrected chi connectivity index (χ1v) is 4.78. The zero-order valence-corrected chi connectivity index (χ0v) is 9.10. The number of hydrogen-bond acceptors (Lipinski definition) is 3. The Labute approximate surface area is 92.1 Å². The normalized spacial score (nSPS) is 17.2. The summed E-state index contributed by atoms with van der Waals surface area (Å²) in [5.41, 5.74) is 0.198. The van der Waals surface area contributed by atoms with Crippen LogP contribution in [-0.2, 0) is 9.53 Å². The molecule has 0 radical (unpaired) electrons. The van der Waals surface area contributed by atoms with Crippen molar-refractivity contribution in [2.75, 3.05) is 7.11 Å². The van der Waals surface area contributed by atoms with Crippen molar-refractivity contribution in [3.8, 4) is 0 Å². The average molecular weight is 234 g/mol. The first kappa shape index (κ1) is 11.3. The Morgan fingerprint density at radius 2 is 2.36 bits per heavy atom. The summed E-state index contributed by atoms with van der Waals surface area (Å²) in [5, 5.41) is 0.0499. The molecule has 0 spiro atoms. The monoisotopic (exact) mass is 233 g/mol. The summed E-state index contributed by atoms with van der Waals surface area (Å²) >= 11 is 11.2. The highest BCUT2D eigenvalue weighted by molar-refractivity contribution is 6.67. The van der Waals surface area contributed by atoms with E-state index in [1.54, 1.807) is 12.2 Å². The van der Waals surface area contributed by atoms with Gasteiger partial charge in [-0.05, 0) is 24.4 Å². The van der Waals surface area contributed by atoms with Crippen molar-refractivity contribution in [3.05, 3.63) is 22.9 Å². The maximum absolute atomic E-state index is 10.9. The number of rotatable bonds is 1. The molecule has 5 heteroatoms. The van der Waals surface area contributed by atoms with Crippen LogP contribution in [0.2, 0.25) is 0 Å². The molecule has 0 saturated heterocycles. The molecule has 0 atom stereocenters. The summed E-state index contributed by atoms with van der Waals surface area (Å²) in [4.78, 5) is 14.8. The van der Waals surface area contributed by atoms with Crippen LogP contribution in [0.4, 0.5) is 0 Å². The van der Waals surface area contributed by atoms with Crippen LogP contribution in [-0.4, -0.2) is 18.2 Å². The van der Waals surface area contributed by atoms with Crippen molar-refractivity contribution < 1.29 is 9.53 Å². The molecule has 1 rings (SSSR count). The highest BCUT2D eigenvalue weighted by Gasteiger charge is 2.09. The molecule has 0 amide bonds. The van der Waals surface area contributed by atoms with Crippen molar-refractivity contribution in [1.82, 2.24) is 0 Å². The number of allylic oxidation sites excluding steroid dienone is 3. The lowest BCUT2D eigenvalue weighted by Crippen LogP contribution is -2.03. The molecule has 76 valence electrons. The fourth-order valence-corrected chi connectivity index (χ4v) is 1.30. The third kappa shape index (κ3) is 3.16. The van der Waals surface area contributed by atoms with Gasteiger partial charge in [0.15, 0.2) is 0 Å². The summed E-state index contributed by atoms with van der Waals surface area (Å²) in [6.07, 6.45) is 4.51. The highest BCUT2D eigenvalue weighted by atomic mass is 35.5. The van der Waals surface area contributed by atoms with Crippen LogP contribution in [0.15, 0.2) is 27.9 Å². The Kier molecular flexibility index (Phi) is 4.17. The summed E-state index contributed by atoms with van der Waals surface area (Å²) in [6.45, 7) is 0. The fraction of sp³-hybridized carbons (Fsp3) is 0.333. The van der Waals surface area contributed by atoms with Crippen LogP contribution < -0.4 is 0 Å². The van der Waals surface area contributed by atoms with Crippen LogP contribution in [0.3, 0.4) is 0 Å². The SMILES string of the molecule is COC1=NC(C(=O)Cl)=CCCC(Cl)=C1. The Morgan fingerprint density at radius 3 is 2.93 bits per heavy atom. The standard InChI is InChI=1S/C9H9Cl2NO2/c1-14-8-5-6(10)3-2-4-7(12-8)9(11)13/h4-5H,2-3H2,1H3. The Hall–Kier alpha value is -0.800. The quantitative estimate of drug-likeness (QED) is 0.654. The Balaban J connectivity index is 3.01. The number of hydrogen-bond donors (Lipinski definition) is 0. The number of aliphatic imine (C=N–C) groups is 1. The molecule has 0 aromatic carbocycles. The predicted octanol–water partition coefficient (Wildman–Crippen LogP) is 2.60. The molecule has 14 heavy (non-hydrogen) atoms. The summed E-state index contributed by atoms with van der Waals surface area (Å²) in [7, 11) is 1.46. The van der Waals surface area contributed by atoms with E-state index in [-0.39, 0.29) is 11.6 Å². The summed E-state index contributed by atoms with van der Waals surface area (Å²) in [6, 6.07) is 0. The number of ether oxygens (including phenoxy) is 1. The Morgan fingerprint density at radius 1 is 1.64 bits per heavy atom. The minimum absolute atomic E-state index is 0.198. The van der Waals surface area contributed by atoms with Crippen LogP contribution in [0.25, 0.3) is 0 Å². The van der Waals surface area contributed by atoms with Gasteiger partial charge in [-0.25, -0.2) is 4.99 Å². The van der Waals surface area contributed by atoms with Crippen molar-refractivity contribution in [2.24, 2.45) is 4.99 Å². The molecule has 3 nitrogen and oxygen atoms in total. The van der Waals surface area contributed by atoms with E-state index < -0.39 is 5.24 Å². The van der Waals surface area contributed by atoms with Gasteiger partial charge in [-0.1, -0.05) is 17.7 Å². The molecule has 0 bridgehead atoms. The van der Waals surface area contributed by atoms with E-state index in [4.69, 9.17) is 27.9 Å². The van der Waals surface area contributed by atoms with Crippen LogP contribution in [0.5, 0.6) is 0 Å². The van der Waals surface area contributed by atoms with E-state index in [1.165, 1.54) is 7.11 Å². The van der Waals surface area contributed by atoms with Gasteiger partial charge in [0.05, 0.1) is 7.11 Å². The molecule has 0 unspecified atom stereocenters. The van der Waals surface area contributed by atoms with Gasteiger partial charge in [0.1, 0.15) is 5.70 Å². The molecular formula is C9H9Cl2NO2. The number of carbonyl (C=O) groups is 1.